The number of nitrogens with zero attached hydrogens (tertiary/aromatic N) is 2. The Balaban J connectivity index is 1.88. The van der Waals surface area contributed by atoms with Gasteiger partial charge in [-0.05, 0) is 30.4 Å². The van der Waals surface area contributed by atoms with E-state index in [4.69, 9.17) is 5.73 Å². The summed E-state index contributed by atoms with van der Waals surface area (Å²) in [6.07, 6.45) is 12.1. The van der Waals surface area contributed by atoms with Crippen molar-refractivity contribution in [2.45, 2.75) is 13.8 Å². The maximum absolute atomic E-state index is 5.75. The smallest absolute Gasteiger partial charge is 0.131 e. The summed E-state index contributed by atoms with van der Waals surface area (Å²) in [5.41, 5.74) is 9.06. The minimum Gasteiger partial charge on any atom is -0.397 e. The van der Waals surface area contributed by atoms with E-state index in [0.717, 1.165) is 22.5 Å². The maximum atomic E-state index is 5.75. The number of nitrogen functional groups attached to an aromatic ring is 1. The predicted molar refractivity (Wildman–Crippen MR) is 87.7 cm³/mol. The van der Waals surface area contributed by atoms with E-state index in [1.807, 2.05) is 24.3 Å². The number of nitrogens with one attached hydrogen (secondary N) is 1. The third-order valence-electron chi connectivity index (χ3n) is 3.32. The first-order valence-corrected chi connectivity index (χ1v) is 6.90. The van der Waals surface area contributed by atoms with Crippen molar-refractivity contribution in [3.05, 3.63) is 60.5 Å². The van der Waals surface area contributed by atoms with Gasteiger partial charge in [0.25, 0.3) is 0 Å². The minimum atomic E-state index is 0.0646. The molecule has 21 heavy (non-hydrogen) atoms. The second-order valence-electron chi connectivity index (χ2n) is 5.76. The Morgan fingerprint density at radius 1 is 1.14 bits per heavy atom. The number of allylic oxidation sites excluding steroid dienone is 5. The first-order valence-electron chi connectivity index (χ1n) is 6.90. The summed E-state index contributed by atoms with van der Waals surface area (Å²) in [6, 6.07) is 5.68. The molecule has 0 spiro atoms. The molecule has 0 amide bonds. The number of anilines is 2. The standard InChI is InChI=1S/C17H18N4/c1-17(2)8-3-4-13(7-9-17)20-16-6-5-14-15(21-16)10-12(18)11-19-14/h3-11H,18H2,1-2H3,(H,20,21). The summed E-state index contributed by atoms with van der Waals surface area (Å²) >= 11 is 0. The van der Waals surface area contributed by atoms with Crippen molar-refractivity contribution in [1.82, 2.24) is 9.97 Å². The van der Waals surface area contributed by atoms with Gasteiger partial charge < -0.3 is 11.1 Å². The number of hydrogen-bond acceptors (Lipinski definition) is 4. The van der Waals surface area contributed by atoms with Crippen molar-refractivity contribution in [3.8, 4) is 0 Å². The summed E-state index contributed by atoms with van der Waals surface area (Å²) in [7, 11) is 0. The zero-order valence-corrected chi connectivity index (χ0v) is 12.2. The predicted octanol–water partition coefficient (Wildman–Crippen LogP) is 3.66. The molecule has 1 aliphatic carbocycles. The Hall–Kier alpha value is -2.62. The van der Waals surface area contributed by atoms with Gasteiger partial charge in [-0.25, -0.2) is 4.98 Å². The summed E-state index contributed by atoms with van der Waals surface area (Å²) in [5.74, 6) is 0.777. The Morgan fingerprint density at radius 3 is 2.86 bits per heavy atom. The molecule has 0 bridgehead atoms. The fraction of sp³-hybridized carbons (Fsp3) is 0.176. The quantitative estimate of drug-likeness (QED) is 0.880. The molecule has 2 heterocycles. The lowest BCUT2D eigenvalue weighted by atomic mass is 9.93. The molecule has 0 unspecified atom stereocenters. The minimum absolute atomic E-state index is 0.0646. The van der Waals surface area contributed by atoms with E-state index in [1.54, 1.807) is 6.20 Å². The number of hydrogen-bond donors (Lipinski definition) is 2. The number of rotatable bonds is 2. The lowest BCUT2D eigenvalue weighted by Gasteiger charge is -2.12. The largest absolute Gasteiger partial charge is 0.397 e. The van der Waals surface area contributed by atoms with Crippen LogP contribution in [-0.2, 0) is 0 Å². The van der Waals surface area contributed by atoms with Crippen molar-refractivity contribution in [2.24, 2.45) is 5.41 Å². The molecule has 0 aliphatic heterocycles. The van der Waals surface area contributed by atoms with Crippen LogP contribution in [0.1, 0.15) is 13.8 Å². The molecule has 0 saturated heterocycles. The van der Waals surface area contributed by atoms with Crippen LogP contribution in [-0.4, -0.2) is 9.97 Å². The zero-order chi connectivity index (χ0) is 14.9. The van der Waals surface area contributed by atoms with Crippen LogP contribution >= 0.6 is 0 Å². The molecule has 2 aromatic heterocycles. The summed E-state index contributed by atoms with van der Waals surface area (Å²) < 4.78 is 0. The van der Waals surface area contributed by atoms with E-state index in [-0.39, 0.29) is 5.41 Å². The van der Waals surface area contributed by atoms with Gasteiger partial charge in [0.1, 0.15) is 5.82 Å². The molecule has 0 radical (unpaired) electrons. The van der Waals surface area contributed by atoms with Crippen molar-refractivity contribution in [2.75, 3.05) is 11.1 Å². The van der Waals surface area contributed by atoms with Gasteiger partial charge >= 0.3 is 0 Å². The van der Waals surface area contributed by atoms with Gasteiger partial charge in [0.15, 0.2) is 0 Å². The van der Waals surface area contributed by atoms with Crippen LogP contribution in [0.2, 0.25) is 0 Å². The van der Waals surface area contributed by atoms with Crippen LogP contribution in [0.3, 0.4) is 0 Å². The summed E-state index contributed by atoms with van der Waals surface area (Å²) in [5, 5.41) is 3.31. The molecule has 3 N–H and O–H groups in total. The first kappa shape index (κ1) is 13.4. The van der Waals surface area contributed by atoms with Crippen molar-refractivity contribution >= 4 is 22.5 Å². The van der Waals surface area contributed by atoms with Gasteiger partial charge in [0.2, 0.25) is 0 Å². The van der Waals surface area contributed by atoms with E-state index in [2.05, 4.69) is 53.4 Å². The Labute approximate surface area is 124 Å². The van der Waals surface area contributed by atoms with Crippen LogP contribution in [0.15, 0.2) is 60.5 Å². The van der Waals surface area contributed by atoms with Crippen LogP contribution in [0.4, 0.5) is 11.5 Å². The molecule has 1 aliphatic rings. The van der Waals surface area contributed by atoms with E-state index in [9.17, 15) is 0 Å². The third kappa shape index (κ3) is 3.11. The molecular weight excluding hydrogens is 260 g/mol. The monoisotopic (exact) mass is 278 g/mol. The Bertz CT molecular complexity index is 769. The van der Waals surface area contributed by atoms with Gasteiger partial charge in [-0.3, -0.25) is 4.98 Å². The molecule has 0 saturated carbocycles. The lowest BCUT2D eigenvalue weighted by molar-refractivity contribution is 0.627. The highest BCUT2D eigenvalue weighted by Crippen LogP contribution is 2.23. The average Bonchev–Trinajstić information content (AvgIpc) is 2.60. The van der Waals surface area contributed by atoms with Crippen molar-refractivity contribution < 1.29 is 0 Å². The number of pyridine rings is 2. The molecule has 4 nitrogen and oxygen atoms in total. The second-order valence-corrected chi connectivity index (χ2v) is 5.76. The highest BCUT2D eigenvalue weighted by molar-refractivity contribution is 5.79. The molecule has 106 valence electrons. The van der Waals surface area contributed by atoms with Crippen LogP contribution in [0, 0.1) is 5.41 Å². The number of fused-ring (bicyclic) bond motifs is 1. The van der Waals surface area contributed by atoms with Crippen LogP contribution < -0.4 is 11.1 Å². The van der Waals surface area contributed by atoms with Crippen LogP contribution in [0.25, 0.3) is 11.0 Å². The molecule has 2 aromatic rings. The lowest BCUT2D eigenvalue weighted by Crippen LogP contribution is -2.02. The molecule has 0 atom stereocenters. The van der Waals surface area contributed by atoms with E-state index >= 15 is 0 Å². The topological polar surface area (TPSA) is 63.8 Å². The Morgan fingerprint density at radius 2 is 2.00 bits per heavy atom. The molecule has 0 fully saturated rings. The highest BCUT2D eigenvalue weighted by atomic mass is 15.0. The highest BCUT2D eigenvalue weighted by Gasteiger charge is 2.10. The number of aromatic nitrogens is 2. The zero-order valence-electron chi connectivity index (χ0n) is 12.2. The van der Waals surface area contributed by atoms with Gasteiger partial charge in [0, 0.05) is 11.1 Å². The molecule has 3 rings (SSSR count). The summed E-state index contributed by atoms with van der Waals surface area (Å²) in [6.45, 7) is 4.33. The second kappa shape index (κ2) is 5.05. The first-order chi connectivity index (χ1) is 10.0. The average molecular weight is 278 g/mol. The van der Waals surface area contributed by atoms with E-state index in [0.29, 0.717) is 5.69 Å². The third-order valence-corrected chi connectivity index (χ3v) is 3.32. The van der Waals surface area contributed by atoms with Gasteiger partial charge in [-0.15, -0.1) is 0 Å². The fourth-order valence-corrected chi connectivity index (χ4v) is 2.14. The fourth-order valence-electron chi connectivity index (χ4n) is 2.14. The molecular formula is C17H18N4. The van der Waals surface area contributed by atoms with Crippen LogP contribution in [0.5, 0.6) is 0 Å². The van der Waals surface area contributed by atoms with E-state index in [1.165, 1.54) is 0 Å². The molecule has 4 heteroatoms. The van der Waals surface area contributed by atoms with Crippen molar-refractivity contribution in [3.63, 3.8) is 0 Å². The van der Waals surface area contributed by atoms with Crippen molar-refractivity contribution in [1.29, 1.82) is 0 Å². The molecule has 0 aromatic carbocycles. The Kier molecular flexibility index (Phi) is 3.22. The van der Waals surface area contributed by atoms with Gasteiger partial charge in [0.05, 0.1) is 22.9 Å². The van der Waals surface area contributed by atoms with Gasteiger partial charge in [-0.2, -0.15) is 0 Å². The summed E-state index contributed by atoms with van der Waals surface area (Å²) in [4.78, 5) is 8.79. The number of nitrogens with two attached hydrogens (primary N) is 1. The van der Waals surface area contributed by atoms with Gasteiger partial charge in [-0.1, -0.05) is 32.1 Å². The normalized spacial score (nSPS) is 16.6. The van der Waals surface area contributed by atoms with E-state index < -0.39 is 0 Å². The SMILES string of the molecule is CC1(C)C=CC=C(Nc2ccc3ncc(N)cc3n2)C=C1. The maximum Gasteiger partial charge on any atom is 0.131 e.